The van der Waals surface area contributed by atoms with Gasteiger partial charge in [0.25, 0.3) is 0 Å². The molecule has 0 aliphatic rings. The topological polar surface area (TPSA) is 78.6 Å². The summed E-state index contributed by atoms with van der Waals surface area (Å²) in [6.45, 7) is 3.80. The molecular formula is C18H29F6N3O2. The van der Waals surface area contributed by atoms with E-state index in [0.717, 1.165) is 13.2 Å². The van der Waals surface area contributed by atoms with E-state index < -0.39 is 29.7 Å². The van der Waals surface area contributed by atoms with Gasteiger partial charge in [-0.25, -0.2) is 13.2 Å². The maximum absolute atomic E-state index is 13.6. The van der Waals surface area contributed by atoms with Crippen LogP contribution in [0.5, 0.6) is 0 Å². The van der Waals surface area contributed by atoms with Crippen molar-refractivity contribution in [2.75, 3.05) is 33.8 Å². The summed E-state index contributed by atoms with van der Waals surface area (Å²) in [5.41, 5.74) is 5.81. The van der Waals surface area contributed by atoms with E-state index in [-0.39, 0.29) is 31.2 Å². The second kappa shape index (κ2) is 15.1. The molecule has 0 aliphatic carbocycles. The summed E-state index contributed by atoms with van der Waals surface area (Å²) in [7, 11) is 2.79. The van der Waals surface area contributed by atoms with Crippen LogP contribution in [0.3, 0.4) is 0 Å². The molecule has 11 heteroatoms. The van der Waals surface area contributed by atoms with Gasteiger partial charge >= 0.3 is 6.18 Å². The zero-order valence-electron chi connectivity index (χ0n) is 16.9. The van der Waals surface area contributed by atoms with Crippen LogP contribution < -0.4 is 11.1 Å². The van der Waals surface area contributed by atoms with Crippen LogP contribution in [-0.2, 0) is 11.2 Å². The number of rotatable bonds is 8. The molecule has 0 spiro atoms. The number of hydrogen-bond donors (Lipinski definition) is 3. The van der Waals surface area contributed by atoms with Gasteiger partial charge in [0, 0.05) is 52.2 Å². The quantitative estimate of drug-likeness (QED) is 0.435. The van der Waals surface area contributed by atoms with Crippen molar-refractivity contribution in [2.45, 2.75) is 38.9 Å². The first-order chi connectivity index (χ1) is 13.4. The molecule has 1 rings (SSSR count). The highest BCUT2D eigenvalue weighted by Crippen LogP contribution is 2.16. The Morgan fingerprint density at radius 3 is 2.10 bits per heavy atom. The molecule has 1 aromatic carbocycles. The Balaban J connectivity index is 0. The van der Waals surface area contributed by atoms with Gasteiger partial charge in [-0.1, -0.05) is 0 Å². The molecule has 1 atom stereocenters. The van der Waals surface area contributed by atoms with Gasteiger partial charge in [0.1, 0.15) is 5.82 Å². The molecule has 0 radical (unpaired) electrons. The van der Waals surface area contributed by atoms with Crippen LogP contribution in [0.4, 0.5) is 26.3 Å². The first kappa shape index (κ1) is 29.4. The third-order valence-corrected chi connectivity index (χ3v) is 3.37. The SMILES string of the molecule is CC(F)(F)F.CCN(CCNC)C(=O)CC(N)Cc1cc(F)c(F)cc1F.CO. The predicted molar refractivity (Wildman–Crippen MR) is 98.7 cm³/mol. The molecular weight excluding hydrogens is 404 g/mol. The van der Waals surface area contributed by atoms with Gasteiger partial charge in [-0.15, -0.1) is 0 Å². The van der Waals surface area contributed by atoms with Gasteiger partial charge < -0.3 is 21.1 Å². The summed E-state index contributed by atoms with van der Waals surface area (Å²) in [5, 5.41) is 9.95. The number of nitrogens with two attached hydrogens (primary N) is 1. The smallest absolute Gasteiger partial charge is 0.386 e. The molecule has 170 valence electrons. The number of carbonyl (C=O) groups excluding carboxylic acids is 1. The fourth-order valence-corrected chi connectivity index (χ4v) is 2.13. The van der Waals surface area contributed by atoms with Gasteiger partial charge in [0.2, 0.25) is 5.91 Å². The van der Waals surface area contributed by atoms with Crippen molar-refractivity contribution in [2.24, 2.45) is 5.73 Å². The largest absolute Gasteiger partial charge is 0.400 e. The highest BCUT2D eigenvalue weighted by molar-refractivity contribution is 5.76. The van der Waals surface area contributed by atoms with E-state index in [1.165, 1.54) is 0 Å². The van der Waals surface area contributed by atoms with Crippen LogP contribution in [0.15, 0.2) is 12.1 Å². The number of nitrogens with zero attached hydrogens (tertiary/aromatic N) is 1. The van der Waals surface area contributed by atoms with Crippen molar-refractivity contribution in [3.63, 3.8) is 0 Å². The maximum atomic E-state index is 13.6. The fourth-order valence-electron chi connectivity index (χ4n) is 2.13. The first-order valence-corrected chi connectivity index (χ1v) is 8.71. The number of hydrogen-bond acceptors (Lipinski definition) is 4. The molecule has 0 aromatic heterocycles. The van der Waals surface area contributed by atoms with Crippen molar-refractivity contribution in [3.8, 4) is 0 Å². The summed E-state index contributed by atoms with van der Waals surface area (Å²) in [6, 6.07) is 0.619. The van der Waals surface area contributed by atoms with E-state index in [0.29, 0.717) is 25.7 Å². The Labute approximate surface area is 166 Å². The monoisotopic (exact) mass is 433 g/mol. The second-order valence-corrected chi connectivity index (χ2v) is 5.88. The lowest BCUT2D eigenvalue weighted by Gasteiger charge is -2.22. The van der Waals surface area contributed by atoms with Crippen LogP contribution in [-0.4, -0.2) is 61.9 Å². The number of halogens is 6. The van der Waals surface area contributed by atoms with Crippen LogP contribution in [0.2, 0.25) is 0 Å². The number of aliphatic hydroxyl groups is 1. The van der Waals surface area contributed by atoms with Crippen LogP contribution >= 0.6 is 0 Å². The lowest BCUT2D eigenvalue weighted by Crippen LogP contribution is -2.39. The Bertz CT molecular complexity index is 594. The summed E-state index contributed by atoms with van der Waals surface area (Å²) >= 11 is 0. The van der Waals surface area contributed by atoms with Gasteiger partial charge in [0.05, 0.1) is 0 Å². The molecule has 0 saturated carbocycles. The first-order valence-electron chi connectivity index (χ1n) is 8.71. The van der Waals surface area contributed by atoms with Crippen molar-refractivity contribution in [1.82, 2.24) is 10.2 Å². The van der Waals surface area contributed by atoms with Gasteiger partial charge in [0.15, 0.2) is 11.6 Å². The fraction of sp³-hybridized carbons (Fsp3) is 0.611. The highest BCUT2D eigenvalue weighted by atomic mass is 19.4. The number of carbonyl (C=O) groups is 1. The number of alkyl halides is 3. The lowest BCUT2D eigenvalue weighted by atomic mass is 10.0. The van der Waals surface area contributed by atoms with E-state index in [1.807, 2.05) is 6.92 Å². The number of aliphatic hydroxyl groups excluding tert-OH is 1. The normalized spacial score (nSPS) is 11.6. The molecule has 29 heavy (non-hydrogen) atoms. The minimum absolute atomic E-state index is 0.0238. The van der Waals surface area contributed by atoms with E-state index in [4.69, 9.17) is 10.8 Å². The van der Waals surface area contributed by atoms with Crippen molar-refractivity contribution in [1.29, 1.82) is 0 Å². The van der Waals surface area contributed by atoms with Gasteiger partial charge in [-0.05, 0) is 32.0 Å². The number of benzene rings is 1. The van der Waals surface area contributed by atoms with E-state index >= 15 is 0 Å². The molecule has 0 aliphatic heterocycles. The Kier molecular flexibility index (Phi) is 15.2. The van der Waals surface area contributed by atoms with Crippen LogP contribution in [0.25, 0.3) is 0 Å². The molecule has 0 bridgehead atoms. The van der Waals surface area contributed by atoms with Gasteiger partial charge in [-0.2, -0.15) is 13.2 Å². The Hall–Kier alpha value is -1.85. The van der Waals surface area contributed by atoms with Crippen molar-refractivity contribution < 1.29 is 36.2 Å². The van der Waals surface area contributed by atoms with Crippen LogP contribution in [0, 0.1) is 17.5 Å². The molecule has 4 N–H and O–H groups in total. The number of nitrogens with one attached hydrogen (secondary N) is 1. The Morgan fingerprint density at radius 2 is 1.66 bits per heavy atom. The molecule has 1 aromatic rings. The molecule has 0 saturated heterocycles. The third-order valence-electron chi connectivity index (χ3n) is 3.37. The number of likely N-dealkylation sites (N-methyl/N-ethyl adjacent to an activating group) is 2. The van der Waals surface area contributed by atoms with Crippen molar-refractivity contribution >= 4 is 5.91 Å². The minimum atomic E-state index is -4.00. The van der Waals surface area contributed by atoms with E-state index in [1.54, 1.807) is 11.9 Å². The summed E-state index contributed by atoms with van der Waals surface area (Å²) in [4.78, 5) is 13.7. The molecule has 0 fully saturated rings. The zero-order valence-corrected chi connectivity index (χ0v) is 16.9. The average Bonchev–Trinajstić information content (AvgIpc) is 2.60. The van der Waals surface area contributed by atoms with Gasteiger partial charge in [-0.3, -0.25) is 4.79 Å². The lowest BCUT2D eigenvalue weighted by molar-refractivity contribution is -0.131. The standard InChI is InChI=1S/C15H22F3N3O.C2H3F3.CH4O/c1-3-21(5-4-20-2)15(22)8-11(19)6-10-7-13(17)14(18)9-12(10)16;1-2(3,4)5;1-2/h7,9,11,20H,3-6,8,19H2,1-2H3;1H3;2H,1H3. The summed E-state index contributed by atoms with van der Waals surface area (Å²) in [6.07, 6.45) is -4.01. The molecule has 1 unspecified atom stereocenters. The molecule has 1 amide bonds. The second-order valence-electron chi connectivity index (χ2n) is 5.88. The maximum Gasteiger partial charge on any atom is 0.386 e. The van der Waals surface area contributed by atoms with E-state index in [9.17, 15) is 31.1 Å². The molecule has 0 heterocycles. The van der Waals surface area contributed by atoms with Crippen LogP contribution in [0.1, 0.15) is 25.8 Å². The summed E-state index contributed by atoms with van der Waals surface area (Å²) in [5.74, 6) is -3.37. The summed E-state index contributed by atoms with van der Waals surface area (Å²) < 4.78 is 70.6. The Morgan fingerprint density at radius 1 is 1.17 bits per heavy atom. The minimum Gasteiger partial charge on any atom is -0.400 e. The predicted octanol–water partition coefficient (Wildman–Crippen LogP) is 2.61. The number of amides is 1. The van der Waals surface area contributed by atoms with E-state index in [2.05, 4.69) is 5.32 Å². The highest BCUT2D eigenvalue weighted by Gasteiger charge is 2.18. The molecule has 5 nitrogen and oxygen atoms in total. The zero-order chi connectivity index (χ0) is 23.2. The third kappa shape index (κ3) is 14.8. The van der Waals surface area contributed by atoms with Crippen molar-refractivity contribution in [3.05, 3.63) is 35.1 Å². The average molecular weight is 433 g/mol.